The molecule has 4 aliphatic rings. The number of carboxylic acids is 2. The van der Waals surface area contributed by atoms with Crippen molar-refractivity contribution in [3.8, 4) is 49.4 Å². The van der Waals surface area contributed by atoms with E-state index in [0.717, 1.165) is 43.9 Å². The van der Waals surface area contributed by atoms with Gasteiger partial charge in [-0.1, -0.05) is 38.5 Å². The molecule has 6 aromatic rings. The van der Waals surface area contributed by atoms with Crippen LogP contribution in [0, 0.1) is 49.4 Å². The minimum atomic E-state index is -1.63. The number of amides is 8. The van der Waals surface area contributed by atoms with Crippen LogP contribution < -0.4 is 54.3 Å². The molecule has 0 fully saturated rings. The number of imide groups is 4. The second kappa shape index (κ2) is 19.8. The molecule has 0 atom stereocenters. The Labute approximate surface area is 438 Å². The molecule has 8 amide bonds. The molecule has 4 aliphatic heterocycles. The molecule has 73 heavy (non-hydrogen) atoms. The van der Waals surface area contributed by atoms with Crippen molar-refractivity contribution in [2.75, 3.05) is 19.6 Å². The fourth-order valence-corrected chi connectivity index (χ4v) is 8.21. The largest absolute Gasteiger partial charge is 1.00 e. The van der Waals surface area contributed by atoms with Crippen LogP contribution in [0.3, 0.4) is 0 Å². The van der Waals surface area contributed by atoms with Gasteiger partial charge in [0.2, 0.25) is 0 Å². The predicted octanol–water partition coefficient (Wildman–Crippen LogP) is 2.84. The van der Waals surface area contributed by atoms with E-state index in [1.807, 2.05) is 0 Å². The van der Waals surface area contributed by atoms with Crippen LogP contribution in [0.1, 0.15) is 141 Å². The molecule has 17 heteroatoms. The fourth-order valence-electron chi connectivity index (χ4n) is 8.21. The van der Waals surface area contributed by atoms with E-state index in [4.69, 9.17) is 25.7 Å². The standard InChI is InChI=1S/2C27H12N2O6.2CH4.Na/c2*1-3-14-5-7-19-21(9-14)25(32)28(23(19)30)17-11-16(27(34)35)12-18(13-17)29-24(31)20-8-6-15(4-2)10-22(20)26(29)33;;;/h2*1-2,5-13H,(H,34,35);2*1H4;/q;;;;+1/p-1. The zero-order valence-corrected chi connectivity index (χ0v) is 38.4. The normalized spacial score (nSPS) is 13.4. The van der Waals surface area contributed by atoms with E-state index in [1.165, 1.54) is 84.9 Å². The number of carbonyl (C=O) groups is 10. The van der Waals surface area contributed by atoms with Crippen LogP contribution in [-0.2, 0) is 0 Å². The van der Waals surface area contributed by atoms with Crippen molar-refractivity contribution in [3.63, 3.8) is 0 Å². The molecule has 0 unspecified atom stereocenters. The molecule has 0 aromatic heterocycles. The van der Waals surface area contributed by atoms with Gasteiger partial charge in [-0.3, -0.25) is 38.4 Å². The van der Waals surface area contributed by atoms with Crippen LogP contribution in [0.4, 0.5) is 22.7 Å². The second-order valence-corrected chi connectivity index (χ2v) is 15.5. The van der Waals surface area contributed by atoms with E-state index in [0.29, 0.717) is 22.3 Å². The van der Waals surface area contributed by atoms with E-state index >= 15 is 0 Å². The summed E-state index contributed by atoms with van der Waals surface area (Å²) in [6.07, 6.45) is 21.5. The summed E-state index contributed by atoms with van der Waals surface area (Å²) in [5.41, 5.74) is 0.808. The first kappa shape index (κ1) is 52.4. The van der Waals surface area contributed by atoms with Crippen molar-refractivity contribution in [2.24, 2.45) is 0 Å². The van der Waals surface area contributed by atoms with Gasteiger partial charge in [0.05, 0.1) is 78.8 Å². The Morgan fingerprint density at radius 2 is 0.589 bits per heavy atom. The smallest absolute Gasteiger partial charge is 0.545 e. The Hall–Kier alpha value is -9.94. The number of aromatic carboxylic acids is 2. The Balaban J connectivity index is 0.000000229. The van der Waals surface area contributed by atoms with Gasteiger partial charge in [0, 0.05) is 27.8 Å². The zero-order chi connectivity index (χ0) is 50.0. The number of nitrogens with zero attached hydrogens (tertiary/aromatic N) is 4. The number of hydrogen-bond donors (Lipinski definition) is 1. The van der Waals surface area contributed by atoms with Crippen molar-refractivity contribution in [2.45, 2.75) is 14.9 Å². The van der Waals surface area contributed by atoms with Crippen LogP contribution in [0.2, 0.25) is 0 Å². The molecule has 0 bridgehead atoms. The average Bonchev–Trinajstić information content (AvgIpc) is 3.97. The summed E-state index contributed by atoms with van der Waals surface area (Å²) < 4.78 is 0. The van der Waals surface area contributed by atoms with Gasteiger partial charge in [-0.05, 0) is 109 Å². The molecule has 348 valence electrons. The number of carbonyl (C=O) groups excluding carboxylic acids is 9. The van der Waals surface area contributed by atoms with Crippen molar-refractivity contribution >= 4 is 81.9 Å². The number of hydrogen-bond acceptors (Lipinski definition) is 11. The minimum absolute atomic E-state index is 0. The summed E-state index contributed by atoms with van der Waals surface area (Å²) >= 11 is 0. The number of carboxylic acid groups (broad SMARTS) is 2. The predicted molar refractivity (Wildman–Crippen MR) is 260 cm³/mol. The molecular formula is C56H31N4NaO12. The molecule has 4 heterocycles. The summed E-state index contributed by atoms with van der Waals surface area (Å²) in [6, 6.07) is 24.0. The van der Waals surface area contributed by atoms with E-state index < -0.39 is 64.8 Å². The summed E-state index contributed by atoms with van der Waals surface area (Å²) in [5, 5.41) is 21.4. The fraction of sp³-hybridized carbons (Fsp3) is 0.0357. The van der Waals surface area contributed by atoms with Crippen LogP contribution in [0.15, 0.2) is 109 Å². The Morgan fingerprint density at radius 1 is 0.370 bits per heavy atom. The quantitative estimate of drug-likeness (QED) is 0.145. The summed E-state index contributed by atoms with van der Waals surface area (Å²) in [7, 11) is 0. The maximum absolute atomic E-state index is 13.1. The Bertz CT molecular complexity index is 3300. The van der Waals surface area contributed by atoms with E-state index in [-0.39, 0.29) is 117 Å². The first-order chi connectivity index (χ1) is 33.5. The zero-order valence-electron chi connectivity index (χ0n) is 36.4. The van der Waals surface area contributed by atoms with Crippen molar-refractivity contribution in [1.82, 2.24) is 0 Å². The van der Waals surface area contributed by atoms with Crippen molar-refractivity contribution < 1.29 is 87.7 Å². The van der Waals surface area contributed by atoms with Gasteiger partial charge in [0.15, 0.2) is 0 Å². The van der Waals surface area contributed by atoms with Gasteiger partial charge in [0.25, 0.3) is 47.3 Å². The maximum atomic E-state index is 13.1. The third kappa shape index (κ3) is 8.52. The number of benzene rings is 6. The third-order valence-corrected chi connectivity index (χ3v) is 11.5. The monoisotopic (exact) mass is 974 g/mol. The second-order valence-electron chi connectivity index (χ2n) is 15.5. The molecule has 0 saturated heterocycles. The van der Waals surface area contributed by atoms with Gasteiger partial charge < -0.3 is 15.0 Å². The SMILES string of the molecule is C.C.C#Cc1ccc2c(c1)C(=O)N(c1cc(C(=O)O)cc(N3C(=O)c4ccc(C#C)cc4C3=O)c1)C2=O.C#Cc1ccc2c(c1)C(=O)N(c1cc(C(=O)[O-])cc(N3C(=O)c4ccc(C#C)cc4C3=O)c1)C2=O.[Na+]. The molecule has 0 saturated carbocycles. The van der Waals surface area contributed by atoms with Crippen molar-refractivity contribution in [3.05, 3.63) is 187 Å². The number of rotatable bonds is 6. The van der Waals surface area contributed by atoms with Gasteiger partial charge in [0.1, 0.15) is 0 Å². The molecule has 0 radical (unpaired) electrons. The van der Waals surface area contributed by atoms with Crippen LogP contribution in [0.5, 0.6) is 0 Å². The maximum Gasteiger partial charge on any atom is 1.00 e. The third-order valence-electron chi connectivity index (χ3n) is 11.5. The molecule has 0 aliphatic carbocycles. The summed E-state index contributed by atoms with van der Waals surface area (Å²) in [5.74, 6) is 0.831. The average molecular weight is 975 g/mol. The molecule has 0 spiro atoms. The van der Waals surface area contributed by atoms with Crippen LogP contribution in [-0.4, -0.2) is 64.3 Å². The number of anilines is 4. The van der Waals surface area contributed by atoms with Gasteiger partial charge in [-0.15, -0.1) is 25.7 Å². The van der Waals surface area contributed by atoms with Gasteiger partial charge in [-0.2, -0.15) is 0 Å². The Morgan fingerprint density at radius 3 is 0.795 bits per heavy atom. The molecule has 1 N–H and O–H groups in total. The first-order valence-electron chi connectivity index (χ1n) is 20.2. The molecule has 6 aromatic carbocycles. The molecule has 16 nitrogen and oxygen atoms in total. The van der Waals surface area contributed by atoms with Crippen LogP contribution in [0.25, 0.3) is 0 Å². The van der Waals surface area contributed by atoms with Crippen molar-refractivity contribution in [1.29, 1.82) is 0 Å². The minimum Gasteiger partial charge on any atom is -0.545 e. The van der Waals surface area contributed by atoms with E-state index in [9.17, 15) is 58.2 Å². The first-order valence-corrected chi connectivity index (χ1v) is 20.2. The topological polar surface area (TPSA) is 227 Å². The van der Waals surface area contributed by atoms with E-state index in [1.54, 1.807) is 0 Å². The summed E-state index contributed by atoms with van der Waals surface area (Å²) in [6.45, 7) is 0. The number of terminal acetylenes is 4. The molecular weight excluding hydrogens is 944 g/mol. The van der Waals surface area contributed by atoms with Gasteiger partial charge >= 0.3 is 35.5 Å². The van der Waals surface area contributed by atoms with E-state index in [2.05, 4.69) is 23.7 Å². The van der Waals surface area contributed by atoms with Gasteiger partial charge in [-0.25, -0.2) is 24.4 Å². The Kier molecular flexibility index (Phi) is 14.2. The summed E-state index contributed by atoms with van der Waals surface area (Å²) in [4.78, 5) is 131. The van der Waals surface area contributed by atoms with Crippen LogP contribution >= 0.6 is 0 Å². The molecule has 10 rings (SSSR count). The number of fused-ring (bicyclic) bond motifs is 4.